The quantitative estimate of drug-likeness (QED) is 0.407. The van der Waals surface area contributed by atoms with E-state index in [0.717, 1.165) is 37.2 Å². The fourth-order valence-corrected chi connectivity index (χ4v) is 5.46. The summed E-state index contributed by atoms with van der Waals surface area (Å²) in [6, 6.07) is 0. The Kier molecular flexibility index (Phi) is 6.66. The highest BCUT2D eigenvalue weighted by atomic mass is 16.5. The molecule has 0 aromatic carbocycles. The Balaban J connectivity index is 2.23. The van der Waals surface area contributed by atoms with Gasteiger partial charge in [0.15, 0.2) is 0 Å². The first kappa shape index (κ1) is 21.4. The molecule has 0 saturated heterocycles. The molecule has 2 aliphatic carbocycles. The van der Waals surface area contributed by atoms with E-state index < -0.39 is 11.9 Å². The molecule has 0 heterocycles. The molecular formula is C22H32O5. The van der Waals surface area contributed by atoms with Crippen LogP contribution < -0.4 is 0 Å². The smallest absolute Gasteiger partial charge is 0.328 e. The van der Waals surface area contributed by atoms with Crippen molar-refractivity contribution in [3.8, 4) is 0 Å². The molecule has 2 aliphatic rings. The zero-order valence-electron chi connectivity index (χ0n) is 16.9. The number of fused-ring (bicyclic) bond motifs is 1. The van der Waals surface area contributed by atoms with Gasteiger partial charge in [-0.1, -0.05) is 33.3 Å². The number of ether oxygens (including phenoxy) is 1. The Hall–Kier alpha value is -1.91. The largest absolute Gasteiger partial charge is 0.478 e. The van der Waals surface area contributed by atoms with Crippen molar-refractivity contribution < 1.29 is 24.2 Å². The van der Waals surface area contributed by atoms with Gasteiger partial charge in [0.05, 0.1) is 0 Å². The van der Waals surface area contributed by atoms with Crippen LogP contribution in [0.2, 0.25) is 0 Å². The van der Waals surface area contributed by atoms with Crippen molar-refractivity contribution in [2.75, 3.05) is 6.61 Å². The highest BCUT2D eigenvalue weighted by Crippen LogP contribution is 2.60. The molecule has 0 amide bonds. The van der Waals surface area contributed by atoms with E-state index >= 15 is 0 Å². The van der Waals surface area contributed by atoms with Crippen molar-refractivity contribution in [1.29, 1.82) is 0 Å². The zero-order chi connectivity index (χ0) is 20.2. The predicted octanol–water partition coefficient (Wildman–Crippen LogP) is 4.32. The number of carbonyl (C=O) groups excluding carboxylic acids is 2. The third kappa shape index (κ3) is 4.88. The van der Waals surface area contributed by atoms with Gasteiger partial charge in [-0.25, -0.2) is 4.79 Å². The van der Waals surface area contributed by atoms with Gasteiger partial charge in [0.2, 0.25) is 0 Å². The minimum Gasteiger partial charge on any atom is -0.478 e. The molecule has 5 nitrogen and oxygen atoms in total. The fraction of sp³-hybridized carbons (Fsp3) is 0.682. The van der Waals surface area contributed by atoms with Gasteiger partial charge in [0, 0.05) is 13.0 Å². The molecular weight excluding hydrogens is 344 g/mol. The lowest BCUT2D eigenvalue weighted by atomic mass is 9.48. The van der Waals surface area contributed by atoms with Crippen LogP contribution in [0.3, 0.4) is 0 Å². The summed E-state index contributed by atoms with van der Waals surface area (Å²) in [4.78, 5) is 34.0. The van der Waals surface area contributed by atoms with Gasteiger partial charge in [-0.3, -0.25) is 9.59 Å². The molecule has 0 aliphatic heterocycles. The molecule has 150 valence electrons. The molecule has 2 rings (SSSR count). The maximum atomic E-state index is 11.7. The number of hydrogen-bond acceptors (Lipinski definition) is 4. The molecule has 1 N–H and O–H groups in total. The summed E-state index contributed by atoms with van der Waals surface area (Å²) in [6.07, 6.45) is 9.73. The van der Waals surface area contributed by atoms with Crippen molar-refractivity contribution in [1.82, 2.24) is 0 Å². The number of carboxylic acid groups (broad SMARTS) is 1. The van der Waals surface area contributed by atoms with E-state index in [1.807, 2.05) is 0 Å². The molecule has 0 radical (unpaired) electrons. The lowest BCUT2D eigenvalue weighted by molar-refractivity contribution is -0.140. The average Bonchev–Trinajstić information content (AvgIpc) is 2.56. The molecule has 3 atom stereocenters. The fourth-order valence-electron chi connectivity index (χ4n) is 5.46. The van der Waals surface area contributed by atoms with Gasteiger partial charge in [-0.15, -0.1) is 0 Å². The van der Waals surface area contributed by atoms with Gasteiger partial charge >= 0.3 is 11.9 Å². The summed E-state index contributed by atoms with van der Waals surface area (Å²) >= 11 is 0. The Morgan fingerprint density at radius 3 is 2.59 bits per heavy atom. The minimum absolute atomic E-state index is 0.0138. The van der Waals surface area contributed by atoms with Crippen molar-refractivity contribution >= 4 is 18.2 Å². The van der Waals surface area contributed by atoms with Crippen LogP contribution in [0, 0.1) is 22.7 Å². The Morgan fingerprint density at radius 1 is 1.30 bits per heavy atom. The van der Waals surface area contributed by atoms with Gasteiger partial charge in [-0.2, -0.15) is 0 Å². The second kappa shape index (κ2) is 8.41. The van der Waals surface area contributed by atoms with E-state index in [0.29, 0.717) is 24.3 Å². The van der Waals surface area contributed by atoms with Gasteiger partial charge in [0.1, 0.15) is 12.9 Å². The van der Waals surface area contributed by atoms with Gasteiger partial charge in [-0.05, 0) is 65.9 Å². The van der Waals surface area contributed by atoms with Crippen LogP contribution in [0.25, 0.3) is 0 Å². The molecule has 1 saturated carbocycles. The summed E-state index contributed by atoms with van der Waals surface area (Å²) in [6.45, 7) is 8.24. The molecule has 27 heavy (non-hydrogen) atoms. The third-order valence-electron chi connectivity index (χ3n) is 6.74. The van der Waals surface area contributed by atoms with Crippen LogP contribution >= 0.6 is 0 Å². The molecule has 5 heteroatoms. The number of aldehydes is 1. The second-order valence-electron chi connectivity index (χ2n) is 8.97. The maximum absolute atomic E-state index is 11.7. The van der Waals surface area contributed by atoms with E-state index in [1.165, 1.54) is 13.3 Å². The number of esters is 1. The second-order valence-corrected chi connectivity index (χ2v) is 8.97. The number of carboxylic acids is 1. The SMILES string of the molecule is CC(=O)OC/C(=C/C(=O)O)CC[C@H]1C(C=O)=CC[C@H]2C(C)(C)CCC[C@]12C. The van der Waals surface area contributed by atoms with Crippen molar-refractivity contribution in [2.45, 2.75) is 66.2 Å². The monoisotopic (exact) mass is 376 g/mol. The molecule has 0 spiro atoms. The summed E-state index contributed by atoms with van der Waals surface area (Å²) in [5, 5.41) is 9.11. The molecule has 0 aromatic rings. The average molecular weight is 376 g/mol. The first-order chi connectivity index (χ1) is 12.6. The molecule has 0 aromatic heterocycles. The van der Waals surface area contributed by atoms with Crippen LogP contribution in [0.15, 0.2) is 23.3 Å². The number of hydrogen-bond donors (Lipinski definition) is 1. The van der Waals surface area contributed by atoms with Crippen LogP contribution in [0.4, 0.5) is 0 Å². The van der Waals surface area contributed by atoms with Crippen molar-refractivity contribution in [3.63, 3.8) is 0 Å². The van der Waals surface area contributed by atoms with Crippen molar-refractivity contribution in [2.24, 2.45) is 22.7 Å². The molecule has 0 bridgehead atoms. The summed E-state index contributed by atoms with van der Waals surface area (Å²) in [5.41, 5.74) is 1.67. The van der Waals surface area contributed by atoms with E-state index in [4.69, 9.17) is 9.84 Å². The van der Waals surface area contributed by atoms with E-state index in [-0.39, 0.29) is 23.4 Å². The van der Waals surface area contributed by atoms with E-state index in [9.17, 15) is 14.4 Å². The zero-order valence-corrected chi connectivity index (χ0v) is 16.9. The molecule has 0 unspecified atom stereocenters. The Morgan fingerprint density at radius 2 is 2.00 bits per heavy atom. The number of rotatable bonds is 7. The van der Waals surface area contributed by atoms with Crippen LogP contribution in [0.1, 0.15) is 66.2 Å². The standard InChI is InChI=1S/C22H32O5/c1-15(24)27-14-16(12-20(25)26)6-8-18-17(13-23)7-9-19-21(2,3)10-5-11-22(18,19)4/h7,12-13,18-19H,5-6,8-11,14H2,1-4H3,(H,25,26)/b16-12+/t18-,19-,22+/m0/s1. The normalized spacial score (nSPS) is 30.1. The molecule has 1 fully saturated rings. The van der Waals surface area contributed by atoms with Gasteiger partial charge < -0.3 is 9.84 Å². The minimum atomic E-state index is -1.05. The summed E-state index contributed by atoms with van der Waals surface area (Å²) in [5.74, 6) is -0.871. The first-order valence-corrected chi connectivity index (χ1v) is 9.81. The summed E-state index contributed by atoms with van der Waals surface area (Å²) in [7, 11) is 0. The first-order valence-electron chi connectivity index (χ1n) is 9.81. The van der Waals surface area contributed by atoms with E-state index in [1.54, 1.807) is 0 Å². The highest BCUT2D eigenvalue weighted by molar-refractivity contribution is 5.81. The van der Waals surface area contributed by atoms with Crippen LogP contribution in [-0.4, -0.2) is 29.9 Å². The highest BCUT2D eigenvalue weighted by Gasteiger charge is 2.52. The van der Waals surface area contributed by atoms with Crippen molar-refractivity contribution in [3.05, 3.63) is 23.3 Å². The lowest BCUT2D eigenvalue weighted by Crippen LogP contribution is -2.48. The van der Waals surface area contributed by atoms with Crippen LogP contribution in [-0.2, 0) is 19.1 Å². The van der Waals surface area contributed by atoms with E-state index in [2.05, 4.69) is 26.8 Å². The topological polar surface area (TPSA) is 80.7 Å². The Bertz CT molecular complexity index is 658. The third-order valence-corrected chi connectivity index (χ3v) is 6.74. The lowest BCUT2D eigenvalue weighted by Gasteiger charge is -2.56. The Labute approximate surface area is 161 Å². The van der Waals surface area contributed by atoms with Gasteiger partial charge in [0.25, 0.3) is 0 Å². The number of aliphatic carboxylic acids is 1. The van der Waals surface area contributed by atoms with Crippen LogP contribution in [0.5, 0.6) is 0 Å². The number of carbonyl (C=O) groups is 3. The summed E-state index contributed by atoms with van der Waals surface area (Å²) < 4.78 is 5.01. The predicted molar refractivity (Wildman–Crippen MR) is 103 cm³/mol. The number of allylic oxidation sites excluding steroid dienone is 2. The maximum Gasteiger partial charge on any atom is 0.328 e.